The van der Waals surface area contributed by atoms with Crippen molar-refractivity contribution in [2.75, 3.05) is 0 Å². The summed E-state index contributed by atoms with van der Waals surface area (Å²) in [4.78, 5) is 22.5. The lowest BCUT2D eigenvalue weighted by molar-refractivity contribution is 0.0680. The molecular formula is C29H48O4. The maximum atomic E-state index is 11.4. The van der Waals surface area contributed by atoms with Crippen LogP contribution in [-0.4, -0.2) is 22.2 Å². The standard InChI is InChI=1S/C29H48O4/c1-2-3-4-5-6-7-8-9-10-11-12-13-14-15-16-17-18-19-20-21-25-24-26(28(30)31)22-23-27(25)29(32)33/h22-24H,2-21H2,1H3,(H,30,31)(H,32,33). The summed E-state index contributed by atoms with van der Waals surface area (Å²) < 4.78 is 0. The molecule has 188 valence electrons. The Bertz CT molecular complexity index is 653. The third-order valence-corrected chi connectivity index (χ3v) is 6.63. The monoisotopic (exact) mass is 460 g/mol. The van der Waals surface area contributed by atoms with E-state index in [1.807, 2.05) is 0 Å². The van der Waals surface area contributed by atoms with Crippen LogP contribution in [0.15, 0.2) is 18.2 Å². The van der Waals surface area contributed by atoms with E-state index in [-0.39, 0.29) is 11.1 Å². The fraction of sp³-hybridized carbons (Fsp3) is 0.724. The van der Waals surface area contributed by atoms with E-state index in [0.29, 0.717) is 12.0 Å². The van der Waals surface area contributed by atoms with E-state index in [1.165, 1.54) is 127 Å². The van der Waals surface area contributed by atoms with E-state index >= 15 is 0 Å². The van der Waals surface area contributed by atoms with Crippen molar-refractivity contribution in [3.8, 4) is 0 Å². The predicted molar refractivity (Wildman–Crippen MR) is 137 cm³/mol. The number of carboxylic acid groups (broad SMARTS) is 2. The summed E-state index contributed by atoms with van der Waals surface area (Å²) in [5, 5.41) is 18.4. The minimum atomic E-state index is -1.01. The molecule has 0 heterocycles. The zero-order chi connectivity index (χ0) is 24.2. The van der Waals surface area contributed by atoms with E-state index in [1.54, 1.807) is 0 Å². The Kier molecular flexibility index (Phi) is 17.4. The van der Waals surface area contributed by atoms with Gasteiger partial charge in [0.1, 0.15) is 0 Å². The summed E-state index contributed by atoms with van der Waals surface area (Å²) in [6.07, 6.45) is 25.8. The van der Waals surface area contributed by atoms with Gasteiger partial charge in [-0.15, -0.1) is 0 Å². The summed E-state index contributed by atoms with van der Waals surface area (Å²) in [5.74, 6) is -2.00. The number of aryl methyl sites for hydroxylation is 1. The van der Waals surface area contributed by atoms with Crippen LogP contribution in [0.4, 0.5) is 0 Å². The third kappa shape index (κ3) is 14.8. The largest absolute Gasteiger partial charge is 0.478 e. The van der Waals surface area contributed by atoms with Crippen molar-refractivity contribution in [2.24, 2.45) is 0 Å². The van der Waals surface area contributed by atoms with Crippen molar-refractivity contribution < 1.29 is 19.8 Å². The summed E-state index contributed by atoms with van der Waals surface area (Å²) in [6.45, 7) is 2.27. The first kappa shape index (κ1) is 29.2. The van der Waals surface area contributed by atoms with Gasteiger partial charge in [0.25, 0.3) is 0 Å². The van der Waals surface area contributed by atoms with E-state index in [0.717, 1.165) is 12.8 Å². The number of rotatable bonds is 22. The van der Waals surface area contributed by atoms with E-state index in [9.17, 15) is 14.7 Å². The predicted octanol–water partition coefficient (Wildman–Crippen LogP) is 9.06. The number of carboxylic acids is 2. The second-order valence-corrected chi connectivity index (χ2v) is 9.60. The molecule has 0 saturated heterocycles. The van der Waals surface area contributed by atoms with Crippen LogP contribution in [0.1, 0.15) is 155 Å². The highest BCUT2D eigenvalue weighted by Crippen LogP contribution is 2.18. The second kappa shape index (κ2) is 19.6. The average molecular weight is 461 g/mol. The van der Waals surface area contributed by atoms with Gasteiger partial charge in [-0.2, -0.15) is 0 Å². The van der Waals surface area contributed by atoms with Gasteiger partial charge in [0, 0.05) is 0 Å². The molecule has 0 aromatic heterocycles. The number of aromatic carboxylic acids is 2. The van der Waals surface area contributed by atoms with Crippen LogP contribution in [0, 0.1) is 0 Å². The topological polar surface area (TPSA) is 74.6 Å². The van der Waals surface area contributed by atoms with Crippen LogP contribution < -0.4 is 0 Å². The molecule has 1 aromatic carbocycles. The lowest BCUT2D eigenvalue weighted by Crippen LogP contribution is -2.06. The van der Waals surface area contributed by atoms with Gasteiger partial charge in [0.15, 0.2) is 0 Å². The molecule has 0 spiro atoms. The van der Waals surface area contributed by atoms with E-state index < -0.39 is 11.9 Å². The zero-order valence-corrected chi connectivity index (χ0v) is 21.1. The molecule has 33 heavy (non-hydrogen) atoms. The first-order chi connectivity index (χ1) is 16.1. The van der Waals surface area contributed by atoms with Gasteiger partial charge in [-0.25, -0.2) is 9.59 Å². The Hall–Kier alpha value is -1.84. The highest BCUT2D eigenvalue weighted by atomic mass is 16.4. The van der Waals surface area contributed by atoms with Crippen molar-refractivity contribution in [3.05, 3.63) is 34.9 Å². The number of unbranched alkanes of at least 4 members (excludes halogenated alkanes) is 18. The van der Waals surface area contributed by atoms with Crippen LogP contribution in [-0.2, 0) is 6.42 Å². The number of hydrogen-bond acceptors (Lipinski definition) is 2. The SMILES string of the molecule is CCCCCCCCCCCCCCCCCCCCCc1cc(C(=O)O)ccc1C(=O)O. The summed E-state index contributed by atoms with van der Waals surface area (Å²) in [5.41, 5.74) is 1.02. The van der Waals surface area contributed by atoms with Crippen molar-refractivity contribution in [2.45, 2.75) is 135 Å². The molecule has 1 aromatic rings. The van der Waals surface area contributed by atoms with Crippen LogP contribution in [0.3, 0.4) is 0 Å². The molecule has 0 amide bonds. The lowest BCUT2D eigenvalue weighted by atomic mass is 9.98. The third-order valence-electron chi connectivity index (χ3n) is 6.63. The highest BCUT2D eigenvalue weighted by Gasteiger charge is 2.13. The minimum Gasteiger partial charge on any atom is -0.478 e. The smallest absolute Gasteiger partial charge is 0.335 e. The molecule has 0 fully saturated rings. The van der Waals surface area contributed by atoms with Gasteiger partial charge in [0.2, 0.25) is 0 Å². The van der Waals surface area contributed by atoms with Gasteiger partial charge < -0.3 is 10.2 Å². The number of hydrogen-bond donors (Lipinski definition) is 2. The van der Waals surface area contributed by atoms with Crippen molar-refractivity contribution in [1.82, 2.24) is 0 Å². The van der Waals surface area contributed by atoms with Crippen LogP contribution in [0.2, 0.25) is 0 Å². The van der Waals surface area contributed by atoms with Gasteiger partial charge in [-0.05, 0) is 36.6 Å². The number of carbonyl (C=O) groups is 2. The van der Waals surface area contributed by atoms with Crippen LogP contribution >= 0.6 is 0 Å². The van der Waals surface area contributed by atoms with Gasteiger partial charge >= 0.3 is 11.9 Å². The maximum Gasteiger partial charge on any atom is 0.335 e. The molecule has 0 saturated carbocycles. The molecule has 0 unspecified atom stereocenters. The highest BCUT2D eigenvalue weighted by molar-refractivity contribution is 5.93. The second-order valence-electron chi connectivity index (χ2n) is 9.60. The molecule has 0 bridgehead atoms. The Morgan fingerprint density at radius 1 is 0.576 bits per heavy atom. The van der Waals surface area contributed by atoms with Gasteiger partial charge in [-0.1, -0.05) is 122 Å². The van der Waals surface area contributed by atoms with E-state index in [2.05, 4.69) is 6.92 Å². The molecule has 1 rings (SSSR count). The maximum absolute atomic E-state index is 11.4. The Balaban J connectivity index is 1.93. The Labute approximate surface area is 202 Å². The first-order valence-electron chi connectivity index (χ1n) is 13.7. The fourth-order valence-electron chi connectivity index (χ4n) is 4.54. The molecule has 4 heteroatoms. The fourth-order valence-corrected chi connectivity index (χ4v) is 4.54. The summed E-state index contributed by atoms with van der Waals surface area (Å²) in [7, 11) is 0. The molecule has 4 nitrogen and oxygen atoms in total. The molecule has 2 N–H and O–H groups in total. The molecule has 0 aliphatic heterocycles. The average Bonchev–Trinajstić information content (AvgIpc) is 2.80. The van der Waals surface area contributed by atoms with Crippen molar-refractivity contribution in [1.29, 1.82) is 0 Å². The van der Waals surface area contributed by atoms with Gasteiger partial charge in [-0.3, -0.25) is 0 Å². The zero-order valence-electron chi connectivity index (χ0n) is 21.1. The molecule has 0 atom stereocenters. The van der Waals surface area contributed by atoms with Crippen LogP contribution in [0.5, 0.6) is 0 Å². The van der Waals surface area contributed by atoms with Gasteiger partial charge in [0.05, 0.1) is 11.1 Å². The Morgan fingerprint density at radius 2 is 0.970 bits per heavy atom. The Morgan fingerprint density at radius 3 is 1.33 bits per heavy atom. The quantitative estimate of drug-likeness (QED) is 0.169. The summed E-state index contributed by atoms with van der Waals surface area (Å²) in [6, 6.07) is 4.29. The summed E-state index contributed by atoms with van der Waals surface area (Å²) >= 11 is 0. The number of benzene rings is 1. The molecular weight excluding hydrogens is 412 g/mol. The molecule has 0 radical (unpaired) electrons. The normalized spacial score (nSPS) is 11.1. The first-order valence-corrected chi connectivity index (χ1v) is 13.7. The van der Waals surface area contributed by atoms with Crippen molar-refractivity contribution in [3.63, 3.8) is 0 Å². The van der Waals surface area contributed by atoms with Crippen LogP contribution in [0.25, 0.3) is 0 Å². The molecule has 0 aliphatic carbocycles. The molecule has 0 aliphatic rings. The van der Waals surface area contributed by atoms with Crippen molar-refractivity contribution >= 4 is 11.9 Å². The van der Waals surface area contributed by atoms with E-state index in [4.69, 9.17) is 5.11 Å². The minimum absolute atomic E-state index is 0.160. The lowest BCUT2D eigenvalue weighted by Gasteiger charge is -2.08.